The van der Waals surface area contributed by atoms with Gasteiger partial charge in [0.2, 0.25) is 5.88 Å². The highest BCUT2D eigenvalue weighted by molar-refractivity contribution is 6.33. The molecule has 2 aliphatic rings. The van der Waals surface area contributed by atoms with E-state index in [1.807, 2.05) is 30.4 Å². The van der Waals surface area contributed by atoms with Gasteiger partial charge in [0.1, 0.15) is 11.8 Å². The summed E-state index contributed by atoms with van der Waals surface area (Å²) in [6.07, 6.45) is 7.51. The molecule has 31 heavy (non-hydrogen) atoms. The molecule has 8 nitrogen and oxygen atoms in total. The highest BCUT2D eigenvalue weighted by Crippen LogP contribution is 2.31. The standard InChI is InChI=1S/C22H27ClN6O2/c1-28-7-9-29(10-8-28)20-6-5-16(12-18(20)23)26-22-19(14-30)25-13-21(27-22)31-17-4-2-3-15(24)11-17/h2-3,5-6,12-15,17H,4,7-11,24H2,1H3,(H,26,27). The molecule has 4 rings (SSSR count). The van der Waals surface area contributed by atoms with Crippen LogP contribution >= 0.6 is 11.6 Å². The van der Waals surface area contributed by atoms with Crippen LogP contribution in [0.25, 0.3) is 0 Å². The maximum Gasteiger partial charge on any atom is 0.234 e. The quantitative estimate of drug-likeness (QED) is 0.520. The van der Waals surface area contributed by atoms with Crippen molar-refractivity contribution >= 4 is 35.1 Å². The Hall–Kier alpha value is -2.68. The molecule has 0 radical (unpaired) electrons. The maximum absolute atomic E-state index is 11.5. The van der Waals surface area contributed by atoms with Crippen molar-refractivity contribution < 1.29 is 9.53 Å². The Morgan fingerprint density at radius 3 is 2.81 bits per heavy atom. The van der Waals surface area contributed by atoms with E-state index in [1.54, 1.807) is 0 Å². The van der Waals surface area contributed by atoms with Crippen molar-refractivity contribution in [2.75, 3.05) is 43.4 Å². The number of nitrogens with one attached hydrogen (secondary N) is 1. The molecule has 1 aromatic heterocycles. The number of carbonyl (C=O) groups excluding carboxylic acids is 1. The third kappa shape index (κ3) is 5.33. The molecule has 164 valence electrons. The number of benzene rings is 1. The van der Waals surface area contributed by atoms with Gasteiger partial charge in [-0.05, 0) is 25.2 Å². The fraction of sp³-hybridized carbons (Fsp3) is 0.409. The zero-order valence-corrected chi connectivity index (χ0v) is 18.3. The van der Waals surface area contributed by atoms with Crippen molar-refractivity contribution in [1.29, 1.82) is 0 Å². The van der Waals surface area contributed by atoms with Crippen LogP contribution in [0.5, 0.6) is 5.88 Å². The Bertz CT molecular complexity index is 961. The lowest BCUT2D eigenvalue weighted by Crippen LogP contribution is -2.44. The molecule has 1 fully saturated rings. The van der Waals surface area contributed by atoms with Gasteiger partial charge in [-0.1, -0.05) is 23.8 Å². The van der Waals surface area contributed by atoms with Gasteiger partial charge in [-0.15, -0.1) is 0 Å². The molecule has 2 atom stereocenters. The number of ether oxygens (including phenoxy) is 1. The molecule has 1 aromatic carbocycles. The van der Waals surface area contributed by atoms with Gasteiger partial charge in [0.05, 0.1) is 16.9 Å². The number of rotatable bonds is 6. The molecule has 1 aliphatic carbocycles. The summed E-state index contributed by atoms with van der Waals surface area (Å²) in [4.78, 5) is 24.7. The first-order chi connectivity index (χ1) is 15.0. The number of halogens is 1. The van der Waals surface area contributed by atoms with E-state index in [2.05, 4.69) is 32.1 Å². The van der Waals surface area contributed by atoms with E-state index in [9.17, 15) is 4.79 Å². The van der Waals surface area contributed by atoms with Crippen LogP contribution in [0, 0.1) is 0 Å². The minimum absolute atomic E-state index is 0.0282. The van der Waals surface area contributed by atoms with Crippen LogP contribution in [0.2, 0.25) is 5.02 Å². The number of hydrogen-bond acceptors (Lipinski definition) is 8. The minimum Gasteiger partial charge on any atom is -0.473 e. The van der Waals surface area contributed by atoms with Crippen molar-refractivity contribution in [3.05, 3.63) is 47.3 Å². The molecule has 1 aliphatic heterocycles. The number of nitrogens with two attached hydrogens (primary N) is 1. The van der Waals surface area contributed by atoms with E-state index in [-0.39, 0.29) is 17.8 Å². The Balaban J connectivity index is 1.49. The van der Waals surface area contributed by atoms with E-state index < -0.39 is 0 Å². The van der Waals surface area contributed by atoms with Gasteiger partial charge >= 0.3 is 0 Å². The van der Waals surface area contributed by atoms with E-state index >= 15 is 0 Å². The summed E-state index contributed by atoms with van der Waals surface area (Å²) < 4.78 is 5.94. The number of nitrogens with zero attached hydrogens (tertiary/aromatic N) is 4. The topological polar surface area (TPSA) is 96.6 Å². The number of anilines is 3. The Labute approximate surface area is 187 Å². The third-order valence-electron chi connectivity index (χ3n) is 5.55. The summed E-state index contributed by atoms with van der Waals surface area (Å²) in [5.41, 5.74) is 7.89. The first-order valence-electron chi connectivity index (χ1n) is 10.4. The van der Waals surface area contributed by atoms with Crippen LogP contribution in [0.4, 0.5) is 17.2 Å². The zero-order chi connectivity index (χ0) is 21.8. The van der Waals surface area contributed by atoms with Gasteiger partial charge in [0.15, 0.2) is 12.1 Å². The lowest BCUT2D eigenvalue weighted by atomic mass is 10.0. The Kier molecular flexibility index (Phi) is 6.70. The maximum atomic E-state index is 11.5. The number of aldehydes is 1. The highest BCUT2D eigenvalue weighted by Gasteiger charge is 2.19. The minimum atomic E-state index is -0.0680. The van der Waals surface area contributed by atoms with Crippen LogP contribution in [0.3, 0.4) is 0 Å². The van der Waals surface area contributed by atoms with Gasteiger partial charge in [-0.2, -0.15) is 4.98 Å². The number of piperazine rings is 1. The van der Waals surface area contributed by atoms with Crippen LogP contribution in [-0.4, -0.2) is 66.5 Å². The van der Waals surface area contributed by atoms with Crippen molar-refractivity contribution in [1.82, 2.24) is 14.9 Å². The molecule has 2 heterocycles. The Morgan fingerprint density at radius 1 is 1.29 bits per heavy atom. The molecule has 2 aromatic rings. The molecule has 9 heteroatoms. The largest absolute Gasteiger partial charge is 0.473 e. The van der Waals surface area contributed by atoms with E-state index in [0.717, 1.165) is 44.0 Å². The normalized spacial score (nSPS) is 21.7. The van der Waals surface area contributed by atoms with E-state index in [4.69, 9.17) is 22.1 Å². The Morgan fingerprint density at radius 2 is 2.10 bits per heavy atom. The highest BCUT2D eigenvalue weighted by atomic mass is 35.5. The molecule has 1 saturated heterocycles. The van der Waals surface area contributed by atoms with Gasteiger partial charge in [0.25, 0.3) is 0 Å². The molecule has 0 saturated carbocycles. The van der Waals surface area contributed by atoms with E-state index in [1.165, 1.54) is 6.20 Å². The predicted molar refractivity (Wildman–Crippen MR) is 123 cm³/mol. The molecular weight excluding hydrogens is 416 g/mol. The first kappa shape index (κ1) is 21.5. The van der Waals surface area contributed by atoms with Crippen LogP contribution in [0.1, 0.15) is 23.3 Å². The number of aromatic nitrogens is 2. The number of hydrogen-bond donors (Lipinski definition) is 2. The summed E-state index contributed by atoms with van der Waals surface area (Å²) in [6.45, 7) is 3.87. The molecular formula is C22H27ClN6O2. The van der Waals surface area contributed by atoms with Crippen molar-refractivity contribution in [3.8, 4) is 5.88 Å². The molecule has 2 unspecified atom stereocenters. The lowest BCUT2D eigenvalue weighted by Gasteiger charge is -2.34. The number of carbonyl (C=O) groups is 1. The summed E-state index contributed by atoms with van der Waals surface area (Å²) in [5, 5.41) is 3.80. The van der Waals surface area contributed by atoms with Gasteiger partial charge in [-0.25, -0.2) is 4.98 Å². The van der Waals surface area contributed by atoms with Crippen molar-refractivity contribution in [3.63, 3.8) is 0 Å². The molecule has 0 bridgehead atoms. The van der Waals surface area contributed by atoms with Gasteiger partial charge in [0, 0.05) is 50.7 Å². The van der Waals surface area contributed by atoms with Crippen molar-refractivity contribution in [2.45, 2.75) is 25.0 Å². The zero-order valence-electron chi connectivity index (χ0n) is 17.5. The second-order valence-electron chi connectivity index (χ2n) is 7.94. The molecule has 0 spiro atoms. The average Bonchev–Trinajstić information content (AvgIpc) is 2.75. The van der Waals surface area contributed by atoms with Gasteiger partial charge in [-0.3, -0.25) is 4.79 Å². The third-order valence-corrected chi connectivity index (χ3v) is 5.85. The predicted octanol–water partition coefficient (Wildman–Crippen LogP) is 2.86. The van der Waals surface area contributed by atoms with E-state index in [0.29, 0.717) is 29.4 Å². The smallest absolute Gasteiger partial charge is 0.234 e. The molecule has 0 amide bonds. The second-order valence-corrected chi connectivity index (χ2v) is 8.35. The SMILES string of the molecule is CN1CCN(c2ccc(Nc3nc(OC4CC=CC(N)C4)cnc3C=O)cc2Cl)CC1. The fourth-order valence-electron chi connectivity index (χ4n) is 3.79. The monoisotopic (exact) mass is 442 g/mol. The number of likely N-dealkylation sites (N-methyl/N-ethyl adjacent to an activating group) is 1. The molecule has 3 N–H and O–H groups in total. The summed E-state index contributed by atoms with van der Waals surface area (Å²) in [6, 6.07) is 5.72. The van der Waals surface area contributed by atoms with Crippen molar-refractivity contribution in [2.24, 2.45) is 5.73 Å². The lowest BCUT2D eigenvalue weighted by molar-refractivity contribution is 0.111. The first-order valence-corrected chi connectivity index (χ1v) is 10.8. The second kappa shape index (κ2) is 9.64. The summed E-state index contributed by atoms with van der Waals surface area (Å²) >= 11 is 6.57. The van der Waals surface area contributed by atoms with Crippen LogP contribution < -0.4 is 20.7 Å². The van der Waals surface area contributed by atoms with Crippen LogP contribution in [-0.2, 0) is 0 Å². The fourth-order valence-corrected chi connectivity index (χ4v) is 4.09. The van der Waals surface area contributed by atoms with Crippen LogP contribution in [0.15, 0.2) is 36.5 Å². The van der Waals surface area contributed by atoms with Gasteiger partial charge < -0.3 is 25.6 Å². The average molecular weight is 443 g/mol. The summed E-state index contributed by atoms with van der Waals surface area (Å²) in [7, 11) is 2.12. The summed E-state index contributed by atoms with van der Waals surface area (Å²) in [5.74, 6) is 0.673.